The van der Waals surface area contributed by atoms with Crippen LogP contribution in [0.25, 0.3) is 0 Å². The first-order valence-corrected chi connectivity index (χ1v) is 9.73. The van der Waals surface area contributed by atoms with Crippen LogP contribution in [0.4, 0.5) is 0 Å². The summed E-state index contributed by atoms with van der Waals surface area (Å²) in [5, 5.41) is 9.19. The molecule has 0 rings (SSSR count). The van der Waals surface area contributed by atoms with Crippen molar-refractivity contribution in [1.82, 2.24) is 0 Å². The predicted molar refractivity (Wildman–Crippen MR) is 105 cm³/mol. The summed E-state index contributed by atoms with van der Waals surface area (Å²) >= 11 is 0. The van der Waals surface area contributed by atoms with Gasteiger partial charge in [0.2, 0.25) is 0 Å². The normalized spacial score (nSPS) is 18.3. The van der Waals surface area contributed by atoms with Gasteiger partial charge in [-0.2, -0.15) is 0 Å². The van der Waals surface area contributed by atoms with Crippen molar-refractivity contribution in [2.24, 2.45) is 0 Å². The van der Waals surface area contributed by atoms with Gasteiger partial charge in [-0.3, -0.25) is 0 Å². The molecule has 0 saturated carbocycles. The molecule has 0 aliphatic carbocycles. The second-order valence-corrected chi connectivity index (χ2v) is 7.07. The van der Waals surface area contributed by atoms with Crippen LogP contribution in [0, 0.1) is 0 Å². The monoisotopic (exact) mass is 392 g/mol. The van der Waals surface area contributed by atoms with Crippen molar-refractivity contribution in [2.75, 3.05) is 39.6 Å². The third-order valence-electron chi connectivity index (χ3n) is 3.53. The van der Waals surface area contributed by atoms with Crippen LogP contribution < -0.4 is 0 Å². The Labute approximate surface area is 164 Å². The van der Waals surface area contributed by atoms with E-state index in [0.29, 0.717) is 39.6 Å². The van der Waals surface area contributed by atoms with E-state index < -0.39 is 6.10 Å². The fraction of sp³-hybridized carbons (Fsp3) is 0.900. The van der Waals surface area contributed by atoms with Gasteiger partial charge in [-0.1, -0.05) is 6.58 Å². The second kappa shape index (κ2) is 16.3. The maximum absolute atomic E-state index is 9.19. The molecule has 0 amide bonds. The van der Waals surface area contributed by atoms with Crippen LogP contribution in [-0.2, 0) is 28.4 Å². The topological polar surface area (TPSA) is 75.6 Å². The lowest BCUT2D eigenvalue weighted by molar-refractivity contribution is -0.100. The highest BCUT2D eigenvalue weighted by Gasteiger charge is 2.12. The SMILES string of the molecule is C=COCC(C)OCC(C)OCC(C)OCC(C)OCC(C)OCC(C)O. The maximum Gasteiger partial charge on any atom is 0.113 e. The Kier molecular flexibility index (Phi) is 15.9. The average molecular weight is 393 g/mol. The third kappa shape index (κ3) is 17.1. The van der Waals surface area contributed by atoms with Crippen molar-refractivity contribution >= 4 is 0 Å². The van der Waals surface area contributed by atoms with Gasteiger partial charge in [0, 0.05) is 0 Å². The summed E-state index contributed by atoms with van der Waals surface area (Å²) in [6.07, 6.45) is 0.761. The van der Waals surface area contributed by atoms with E-state index >= 15 is 0 Å². The number of hydrogen-bond donors (Lipinski definition) is 1. The highest BCUT2D eigenvalue weighted by atomic mass is 16.6. The smallest absolute Gasteiger partial charge is 0.113 e. The standard InChI is InChI=1S/C20H40O7/c1-8-22-10-16(3)24-12-18(5)26-14-20(7)27-13-19(6)25-11-17(4)23-9-15(2)21/h8,15-21H,1,9-14H2,2-7H3. The lowest BCUT2D eigenvalue weighted by Gasteiger charge is -2.22. The average Bonchev–Trinajstić information content (AvgIpc) is 2.63. The quantitative estimate of drug-likeness (QED) is 0.359. The zero-order chi connectivity index (χ0) is 20.7. The maximum atomic E-state index is 9.19. The van der Waals surface area contributed by atoms with Gasteiger partial charge >= 0.3 is 0 Å². The molecule has 0 aromatic carbocycles. The van der Waals surface area contributed by atoms with Crippen LogP contribution in [0.5, 0.6) is 0 Å². The van der Waals surface area contributed by atoms with E-state index in [0.717, 1.165) is 0 Å². The van der Waals surface area contributed by atoms with Crippen molar-refractivity contribution in [3.05, 3.63) is 12.8 Å². The summed E-state index contributed by atoms with van der Waals surface area (Å²) in [6, 6.07) is 0. The summed E-state index contributed by atoms with van der Waals surface area (Å²) in [4.78, 5) is 0. The van der Waals surface area contributed by atoms with Crippen molar-refractivity contribution in [2.45, 2.75) is 78.2 Å². The fourth-order valence-corrected chi connectivity index (χ4v) is 1.95. The van der Waals surface area contributed by atoms with E-state index in [1.807, 2.05) is 34.6 Å². The summed E-state index contributed by atoms with van der Waals surface area (Å²) in [5.74, 6) is 0. The van der Waals surface area contributed by atoms with E-state index in [2.05, 4.69) is 6.58 Å². The lowest BCUT2D eigenvalue weighted by Crippen LogP contribution is -2.29. The van der Waals surface area contributed by atoms with Crippen LogP contribution in [0.1, 0.15) is 41.5 Å². The molecule has 6 atom stereocenters. The minimum absolute atomic E-state index is 0.00678. The molecule has 6 unspecified atom stereocenters. The van der Waals surface area contributed by atoms with E-state index in [1.54, 1.807) is 6.92 Å². The van der Waals surface area contributed by atoms with Gasteiger partial charge in [0.1, 0.15) is 6.61 Å². The molecule has 0 saturated heterocycles. The molecule has 1 N–H and O–H groups in total. The molecule has 0 aromatic heterocycles. The molecule has 162 valence electrons. The molecular formula is C20H40O7. The Balaban J connectivity index is 3.73. The summed E-state index contributed by atoms with van der Waals surface area (Å²) in [6.45, 7) is 17.7. The molecule has 0 radical (unpaired) electrons. The molecule has 0 aromatic rings. The van der Waals surface area contributed by atoms with Crippen LogP contribution in [-0.4, -0.2) is 81.4 Å². The van der Waals surface area contributed by atoms with Crippen molar-refractivity contribution in [1.29, 1.82) is 0 Å². The van der Waals surface area contributed by atoms with E-state index in [4.69, 9.17) is 28.4 Å². The van der Waals surface area contributed by atoms with Gasteiger partial charge in [-0.15, -0.1) is 0 Å². The van der Waals surface area contributed by atoms with Crippen molar-refractivity contribution in [3.63, 3.8) is 0 Å². The predicted octanol–water partition coefficient (Wildman–Crippen LogP) is 2.55. The zero-order valence-corrected chi connectivity index (χ0v) is 17.9. The molecule has 0 spiro atoms. The van der Waals surface area contributed by atoms with Crippen molar-refractivity contribution < 1.29 is 33.5 Å². The molecule has 0 aliphatic rings. The number of rotatable bonds is 18. The van der Waals surface area contributed by atoms with E-state index in [9.17, 15) is 5.11 Å². The molecule has 7 nitrogen and oxygen atoms in total. The number of hydrogen-bond acceptors (Lipinski definition) is 7. The second-order valence-electron chi connectivity index (χ2n) is 7.07. The molecule has 0 heterocycles. The van der Waals surface area contributed by atoms with Gasteiger partial charge in [0.25, 0.3) is 0 Å². The van der Waals surface area contributed by atoms with Crippen LogP contribution in [0.3, 0.4) is 0 Å². The fourth-order valence-electron chi connectivity index (χ4n) is 1.95. The highest BCUT2D eigenvalue weighted by molar-refractivity contribution is 4.59. The summed E-state index contributed by atoms with van der Waals surface area (Å²) < 4.78 is 33.4. The molecular weight excluding hydrogens is 352 g/mol. The first kappa shape index (κ1) is 26.3. The lowest BCUT2D eigenvalue weighted by atomic mass is 10.3. The third-order valence-corrected chi connectivity index (χ3v) is 3.53. The van der Waals surface area contributed by atoms with Gasteiger partial charge < -0.3 is 33.5 Å². The summed E-state index contributed by atoms with van der Waals surface area (Å²) in [5.41, 5.74) is 0. The molecule has 27 heavy (non-hydrogen) atoms. The highest BCUT2D eigenvalue weighted by Crippen LogP contribution is 2.03. The van der Waals surface area contributed by atoms with Crippen LogP contribution in [0.15, 0.2) is 12.8 Å². The molecule has 7 heteroatoms. The Morgan fingerprint density at radius 2 is 0.889 bits per heavy atom. The molecule has 0 aliphatic heterocycles. The van der Waals surface area contributed by atoms with Crippen LogP contribution in [0.2, 0.25) is 0 Å². The first-order valence-electron chi connectivity index (χ1n) is 9.73. The van der Waals surface area contributed by atoms with E-state index in [1.165, 1.54) is 6.26 Å². The minimum atomic E-state index is -0.467. The minimum Gasteiger partial charge on any atom is -0.499 e. The van der Waals surface area contributed by atoms with Gasteiger partial charge in [-0.05, 0) is 41.5 Å². The van der Waals surface area contributed by atoms with Crippen LogP contribution >= 0.6 is 0 Å². The number of ether oxygens (including phenoxy) is 6. The Bertz CT molecular complexity index is 351. The van der Waals surface area contributed by atoms with Gasteiger partial charge in [0.05, 0.1) is 75.9 Å². The Hall–Kier alpha value is -0.700. The Morgan fingerprint density at radius 1 is 0.593 bits per heavy atom. The van der Waals surface area contributed by atoms with Gasteiger partial charge in [0.15, 0.2) is 0 Å². The van der Waals surface area contributed by atoms with E-state index in [-0.39, 0.29) is 30.5 Å². The first-order chi connectivity index (χ1) is 12.7. The molecule has 0 fully saturated rings. The number of aliphatic hydroxyl groups is 1. The van der Waals surface area contributed by atoms with Crippen molar-refractivity contribution in [3.8, 4) is 0 Å². The summed E-state index contributed by atoms with van der Waals surface area (Å²) in [7, 11) is 0. The Morgan fingerprint density at radius 3 is 1.19 bits per heavy atom. The molecule has 0 bridgehead atoms. The zero-order valence-electron chi connectivity index (χ0n) is 17.9. The number of aliphatic hydroxyl groups excluding tert-OH is 1. The largest absolute Gasteiger partial charge is 0.499 e. The van der Waals surface area contributed by atoms with Gasteiger partial charge in [-0.25, -0.2) is 0 Å².